The molecule has 0 fully saturated rings. The van der Waals surface area contributed by atoms with E-state index in [2.05, 4.69) is 13.2 Å². The number of primary amides is 1. The van der Waals surface area contributed by atoms with E-state index in [0.29, 0.717) is 6.29 Å². The number of carbonyl (C=O) groups excluding carboxylic acids is 2. The average Bonchev–Trinajstić information content (AvgIpc) is 2.03. The molecule has 0 unspecified atom stereocenters. The zero-order valence-electron chi connectivity index (χ0n) is 6.95. The SMILES string of the molecule is C=CCC(C=O)(CC=C)C(N)=O. The molecule has 0 saturated carbocycles. The highest BCUT2D eigenvalue weighted by Gasteiger charge is 2.33. The van der Waals surface area contributed by atoms with Crippen LogP contribution < -0.4 is 5.73 Å². The van der Waals surface area contributed by atoms with Crippen LogP contribution in [0.25, 0.3) is 0 Å². The Hall–Kier alpha value is -1.38. The number of hydrogen-bond donors (Lipinski definition) is 1. The van der Waals surface area contributed by atoms with Gasteiger partial charge in [0, 0.05) is 0 Å². The number of nitrogens with two attached hydrogens (primary N) is 1. The van der Waals surface area contributed by atoms with Crippen molar-refractivity contribution in [1.29, 1.82) is 0 Å². The van der Waals surface area contributed by atoms with Crippen molar-refractivity contribution in [2.75, 3.05) is 0 Å². The summed E-state index contributed by atoms with van der Waals surface area (Å²) in [4.78, 5) is 21.6. The van der Waals surface area contributed by atoms with Gasteiger partial charge in [0.1, 0.15) is 11.7 Å². The highest BCUT2D eigenvalue weighted by Crippen LogP contribution is 2.24. The van der Waals surface area contributed by atoms with Crippen LogP contribution in [0, 0.1) is 5.41 Å². The Kier molecular flexibility index (Phi) is 3.97. The smallest absolute Gasteiger partial charge is 0.231 e. The summed E-state index contributed by atoms with van der Waals surface area (Å²) in [7, 11) is 0. The predicted octanol–water partition coefficient (Wildman–Crippen LogP) is 0.809. The maximum absolute atomic E-state index is 10.9. The summed E-state index contributed by atoms with van der Waals surface area (Å²) < 4.78 is 0. The first-order valence-electron chi connectivity index (χ1n) is 3.61. The van der Waals surface area contributed by atoms with E-state index in [4.69, 9.17) is 5.73 Å². The van der Waals surface area contributed by atoms with Crippen molar-refractivity contribution >= 4 is 12.2 Å². The lowest BCUT2D eigenvalue weighted by Gasteiger charge is -2.20. The van der Waals surface area contributed by atoms with Gasteiger partial charge in [-0.2, -0.15) is 0 Å². The molecule has 2 N–H and O–H groups in total. The molecule has 3 nitrogen and oxygen atoms in total. The highest BCUT2D eigenvalue weighted by molar-refractivity contribution is 5.96. The van der Waals surface area contributed by atoms with Gasteiger partial charge in [-0.05, 0) is 12.8 Å². The molecule has 0 aromatic heterocycles. The molecule has 0 aliphatic rings. The second-order valence-electron chi connectivity index (χ2n) is 2.62. The Morgan fingerprint density at radius 1 is 1.33 bits per heavy atom. The standard InChI is InChI=1S/C9H13NO2/c1-3-5-9(7-11,6-4-2)8(10)12/h3-4,7H,1-2,5-6H2,(H2,10,12). The Balaban J connectivity index is 4.72. The number of allylic oxidation sites excluding steroid dienone is 2. The van der Waals surface area contributed by atoms with Gasteiger partial charge < -0.3 is 10.5 Å². The lowest BCUT2D eigenvalue weighted by molar-refractivity contribution is -0.133. The molecule has 66 valence electrons. The molecule has 12 heavy (non-hydrogen) atoms. The largest absolute Gasteiger partial charge is 0.369 e. The van der Waals surface area contributed by atoms with Gasteiger partial charge in [-0.15, -0.1) is 13.2 Å². The van der Waals surface area contributed by atoms with Crippen LogP contribution >= 0.6 is 0 Å². The van der Waals surface area contributed by atoms with E-state index in [1.54, 1.807) is 0 Å². The Labute approximate surface area is 71.9 Å². The summed E-state index contributed by atoms with van der Waals surface area (Å²) in [6, 6.07) is 0. The van der Waals surface area contributed by atoms with Gasteiger partial charge in [0.15, 0.2) is 0 Å². The molecule has 0 atom stereocenters. The molecule has 1 amide bonds. The van der Waals surface area contributed by atoms with E-state index in [0.717, 1.165) is 0 Å². The molecule has 0 rings (SSSR count). The molecular weight excluding hydrogens is 154 g/mol. The minimum absolute atomic E-state index is 0.262. The Morgan fingerprint density at radius 2 is 1.75 bits per heavy atom. The molecule has 0 saturated heterocycles. The molecule has 0 aromatic carbocycles. The van der Waals surface area contributed by atoms with Crippen molar-refractivity contribution < 1.29 is 9.59 Å². The molecule has 0 aromatic rings. The van der Waals surface area contributed by atoms with Crippen molar-refractivity contribution in [2.45, 2.75) is 12.8 Å². The maximum atomic E-state index is 10.9. The number of carbonyl (C=O) groups is 2. The maximum Gasteiger partial charge on any atom is 0.231 e. The van der Waals surface area contributed by atoms with Crippen LogP contribution in [0.5, 0.6) is 0 Å². The van der Waals surface area contributed by atoms with Crippen LogP contribution in [0.1, 0.15) is 12.8 Å². The summed E-state index contributed by atoms with van der Waals surface area (Å²) >= 11 is 0. The fraction of sp³-hybridized carbons (Fsp3) is 0.333. The van der Waals surface area contributed by atoms with Gasteiger partial charge in [0.25, 0.3) is 0 Å². The van der Waals surface area contributed by atoms with Crippen molar-refractivity contribution in [2.24, 2.45) is 11.1 Å². The molecule has 0 radical (unpaired) electrons. The number of amides is 1. The lowest BCUT2D eigenvalue weighted by atomic mass is 9.82. The van der Waals surface area contributed by atoms with Gasteiger partial charge in [0.2, 0.25) is 5.91 Å². The third-order valence-electron chi connectivity index (χ3n) is 1.73. The van der Waals surface area contributed by atoms with E-state index >= 15 is 0 Å². The third-order valence-corrected chi connectivity index (χ3v) is 1.73. The van der Waals surface area contributed by atoms with E-state index in [-0.39, 0.29) is 12.8 Å². The van der Waals surface area contributed by atoms with Crippen LogP contribution in [0.15, 0.2) is 25.3 Å². The molecule has 0 heterocycles. The number of rotatable bonds is 6. The second kappa shape index (κ2) is 4.49. The molecule has 0 aliphatic carbocycles. The highest BCUT2D eigenvalue weighted by atomic mass is 16.2. The number of hydrogen-bond acceptors (Lipinski definition) is 2. The van der Waals surface area contributed by atoms with Crippen LogP contribution in [-0.2, 0) is 9.59 Å². The molecule has 0 aliphatic heterocycles. The fourth-order valence-corrected chi connectivity index (χ4v) is 0.954. The second-order valence-corrected chi connectivity index (χ2v) is 2.62. The van der Waals surface area contributed by atoms with E-state index in [9.17, 15) is 9.59 Å². The molecule has 0 spiro atoms. The zero-order valence-corrected chi connectivity index (χ0v) is 6.95. The van der Waals surface area contributed by atoms with Crippen LogP contribution in [0.4, 0.5) is 0 Å². The Bertz CT molecular complexity index is 199. The van der Waals surface area contributed by atoms with Crippen molar-refractivity contribution in [3.8, 4) is 0 Å². The van der Waals surface area contributed by atoms with Crippen molar-refractivity contribution in [3.05, 3.63) is 25.3 Å². The predicted molar refractivity (Wildman–Crippen MR) is 47.3 cm³/mol. The fourth-order valence-electron chi connectivity index (χ4n) is 0.954. The minimum Gasteiger partial charge on any atom is -0.369 e. The van der Waals surface area contributed by atoms with Gasteiger partial charge in [-0.25, -0.2) is 0 Å². The van der Waals surface area contributed by atoms with E-state index < -0.39 is 11.3 Å². The number of aldehydes is 1. The zero-order chi connectivity index (χ0) is 9.61. The lowest BCUT2D eigenvalue weighted by Crippen LogP contribution is -2.37. The van der Waals surface area contributed by atoms with Crippen molar-refractivity contribution in [3.63, 3.8) is 0 Å². The Morgan fingerprint density at radius 3 is 1.92 bits per heavy atom. The first-order chi connectivity index (χ1) is 5.63. The van der Waals surface area contributed by atoms with Crippen LogP contribution in [0.2, 0.25) is 0 Å². The summed E-state index contributed by atoms with van der Waals surface area (Å²) in [5.74, 6) is -0.627. The van der Waals surface area contributed by atoms with Crippen LogP contribution in [-0.4, -0.2) is 12.2 Å². The van der Waals surface area contributed by atoms with Gasteiger partial charge >= 0.3 is 0 Å². The third kappa shape index (κ3) is 2.05. The minimum atomic E-state index is -1.14. The monoisotopic (exact) mass is 167 g/mol. The molecular formula is C9H13NO2. The summed E-state index contributed by atoms with van der Waals surface area (Å²) in [6.45, 7) is 6.91. The van der Waals surface area contributed by atoms with Gasteiger partial charge in [-0.1, -0.05) is 12.2 Å². The van der Waals surface area contributed by atoms with Gasteiger partial charge in [-0.3, -0.25) is 4.79 Å². The molecule has 3 heteroatoms. The molecule has 0 bridgehead atoms. The van der Waals surface area contributed by atoms with Gasteiger partial charge in [0.05, 0.1) is 0 Å². The first-order valence-corrected chi connectivity index (χ1v) is 3.61. The summed E-state index contributed by atoms with van der Waals surface area (Å²) in [5.41, 5.74) is 3.95. The van der Waals surface area contributed by atoms with Crippen molar-refractivity contribution in [1.82, 2.24) is 0 Å². The van der Waals surface area contributed by atoms with E-state index in [1.807, 2.05) is 0 Å². The normalized spacial score (nSPS) is 10.3. The summed E-state index contributed by atoms with van der Waals surface area (Å²) in [6.07, 6.45) is 4.10. The quantitative estimate of drug-likeness (QED) is 0.361. The topological polar surface area (TPSA) is 60.2 Å². The average molecular weight is 167 g/mol. The first kappa shape index (κ1) is 10.6. The summed E-state index contributed by atoms with van der Waals surface area (Å²) in [5, 5.41) is 0. The van der Waals surface area contributed by atoms with Crippen LogP contribution in [0.3, 0.4) is 0 Å². The van der Waals surface area contributed by atoms with E-state index in [1.165, 1.54) is 12.2 Å².